The van der Waals surface area contributed by atoms with Crippen molar-refractivity contribution < 1.29 is 31.9 Å². The van der Waals surface area contributed by atoms with Crippen molar-refractivity contribution in [2.24, 2.45) is 5.73 Å². The molecular weight excluding hydrogens is 504 g/mol. The molecule has 11 heteroatoms. The molecule has 0 radical (unpaired) electrons. The number of nitrogens with one attached hydrogen (secondary N) is 1. The first kappa shape index (κ1) is 29.1. The average molecular weight is 537 g/mol. The van der Waals surface area contributed by atoms with E-state index < -0.39 is 53.4 Å². The van der Waals surface area contributed by atoms with Crippen LogP contribution >= 0.6 is 0 Å². The Balaban J connectivity index is 1.78. The standard InChI is InChI=1S/C27H32F4N4O3/c1-3-4-22-26(38)35(14-13-34(22)25(37)21(32)15-17-7-11-20(28)12-8-17)23(24(36)33-2)16-18-5-9-19(10-6-18)27(29,30)31/h5-12,21-23H,3-4,13-16,32H2,1-2H3,(H,33,36)/t21?,22-,23?/m0/s1. The molecule has 0 saturated carbocycles. The Hall–Kier alpha value is -3.47. The second-order valence-corrected chi connectivity index (χ2v) is 9.33. The molecule has 38 heavy (non-hydrogen) atoms. The number of piperazine rings is 1. The summed E-state index contributed by atoms with van der Waals surface area (Å²) in [4.78, 5) is 42.5. The number of benzene rings is 2. The van der Waals surface area contributed by atoms with Crippen molar-refractivity contribution in [1.29, 1.82) is 0 Å². The van der Waals surface area contributed by atoms with Crippen LogP contribution in [0, 0.1) is 5.82 Å². The Morgan fingerprint density at radius 1 is 1.03 bits per heavy atom. The van der Waals surface area contributed by atoms with Crippen molar-refractivity contribution in [1.82, 2.24) is 15.1 Å². The molecule has 0 bridgehead atoms. The molecule has 1 fully saturated rings. The van der Waals surface area contributed by atoms with E-state index in [-0.39, 0.29) is 25.9 Å². The summed E-state index contributed by atoms with van der Waals surface area (Å²) in [6, 6.07) is 7.38. The summed E-state index contributed by atoms with van der Waals surface area (Å²) in [5, 5.41) is 2.53. The molecule has 0 aromatic heterocycles. The molecule has 206 valence electrons. The van der Waals surface area contributed by atoms with Crippen molar-refractivity contribution in [3.05, 3.63) is 71.0 Å². The fraction of sp³-hybridized carbons (Fsp3) is 0.444. The topological polar surface area (TPSA) is 95.7 Å². The van der Waals surface area contributed by atoms with Gasteiger partial charge in [0, 0.05) is 26.6 Å². The third-order valence-corrected chi connectivity index (χ3v) is 6.69. The number of likely N-dealkylation sites (N-methyl/N-ethyl adjacent to an activating group) is 1. The van der Waals surface area contributed by atoms with E-state index >= 15 is 0 Å². The van der Waals surface area contributed by atoms with Gasteiger partial charge in [-0.05, 0) is 48.2 Å². The fourth-order valence-electron chi connectivity index (χ4n) is 4.67. The Kier molecular flexibility index (Phi) is 9.48. The highest BCUT2D eigenvalue weighted by molar-refractivity contribution is 5.94. The van der Waals surface area contributed by atoms with Crippen LogP contribution in [0.4, 0.5) is 17.6 Å². The van der Waals surface area contributed by atoms with Crippen LogP contribution in [0.1, 0.15) is 36.5 Å². The number of rotatable bonds is 9. The van der Waals surface area contributed by atoms with Gasteiger partial charge in [0.05, 0.1) is 11.6 Å². The average Bonchev–Trinajstić information content (AvgIpc) is 2.89. The van der Waals surface area contributed by atoms with E-state index in [9.17, 15) is 31.9 Å². The van der Waals surface area contributed by atoms with E-state index in [2.05, 4.69) is 5.32 Å². The number of nitrogens with zero attached hydrogens (tertiary/aromatic N) is 2. The third-order valence-electron chi connectivity index (χ3n) is 6.69. The molecule has 2 aromatic carbocycles. The molecule has 7 nitrogen and oxygen atoms in total. The molecule has 2 unspecified atom stereocenters. The van der Waals surface area contributed by atoms with E-state index in [0.29, 0.717) is 24.0 Å². The van der Waals surface area contributed by atoms with E-state index in [0.717, 1.165) is 12.1 Å². The smallest absolute Gasteiger partial charge is 0.357 e. The van der Waals surface area contributed by atoms with Crippen molar-refractivity contribution >= 4 is 17.7 Å². The lowest BCUT2D eigenvalue weighted by atomic mass is 9.97. The minimum atomic E-state index is -4.48. The molecule has 3 N–H and O–H groups in total. The highest BCUT2D eigenvalue weighted by atomic mass is 19.4. The normalized spacial score (nSPS) is 17.8. The van der Waals surface area contributed by atoms with Crippen LogP contribution in [0.15, 0.2) is 48.5 Å². The van der Waals surface area contributed by atoms with Gasteiger partial charge in [0.1, 0.15) is 17.9 Å². The number of amides is 3. The molecule has 1 saturated heterocycles. The predicted octanol–water partition coefficient (Wildman–Crippen LogP) is 2.91. The summed E-state index contributed by atoms with van der Waals surface area (Å²) in [5.41, 5.74) is 6.52. The number of carbonyl (C=O) groups excluding carboxylic acids is 3. The minimum Gasteiger partial charge on any atom is -0.357 e. The highest BCUT2D eigenvalue weighted by Gasteiger charge is 2.42. The van der Waals surface area contributed by atoms with Gasteiger partial charge in [0.25, 0.3) is 0 Å². The van der Waals surface area contributed by atoms with Crippen LogP contribution in [0.3, 0.4) is 0 Å². The first-order valence-corrected chi connectivity index (χ1v) is 12.4. The van der Waals surface area contributed by atoms with E-state index in [4.69, 9.17) is 5.73 Å². The Morgan fingerprint density at radius 2 is 1.61 bits per heavy atom. The number of halogens is 4. The minimum absolute atomic E-state index is 0.0143. The maximum Gasteiger partial charge on any atom is 0.416 e. The zero-order chi connectivity index (χ0) is 28.0. The SMILES string of the molecule is CCC[C@H]1C(=O)N(C(Cc2ccc(C(F)(F)F)cc2)C(=O)NC)CCN1C(=O)C(N)Cc1ccc(F)cc1. The van der Waals surface area contributed by atoms with Gasteiger partial charge in [0.15, 0.2) is 0 Å². The number of alkyl halides is 3. The van der Waals surface area contributed by atoms with Crippen LogP contribution in [-0.2, 0) is 33.4 Å². The van der Waals surface area contributed by atoms with Crippen LogP contribution in [-0.4, -0.2) is 65.8 Å². The van der Waals surface area contributed by atoms with Gasteiger partial charge in [-0.3, -0.25) is 14.4 Å². The summed E-state index contributed by atoms with van der Waals surface area (Å²) < 4.78 is 52.1. The van der Waals surface area contributed by atoms with E-state index in [1.165, 1.54) is 41.1 Å². The summed E-state index contributed by atoms with van der Waals surface area (Å²) in [7, 11) is 1.42. The monoisotopic (exact) mass is 536 g/mol. The highest BCUT2D eigenvalue weighted by Crippen LogP contribution is 2.29. The first-order valence-electron chi connectivity index (χ1n) is 12.4. The second-order valence-electron chi connectivity index (χ2n) is 9.33. The summed E-state index contributed by atoms with van der Waals surface area (Å²) >= 11 is 0. The van der Waals surface area contributed by atoms with Gasteiger partial charge < -0.3 is 20.9 Å². The lowest BCUT2D eigenvalue weighted by molar-refractivity contribution is -0.156. The number of carbonyl (C=O) groups is 3. The Bertz CT molecular complexity index is 1120. The fourth-order valence-corrected chi connectivity index (χ4v) is 4.67. The van der Waals surface area contributed by atoms with Crippen LogP contribution in [0.5, 0.6) is 0 Å². The van der Waals surface area contributed by atoms with Crippen LogP contribution in [0.25, 0.3) is 0 Å². The maximum absolute atomic E-state index is 13.6. The lowest BCUT2D eigenvalue weighted by Gasteiger charge is -2.44. The van der Waals surface area contributed by atoms with Gasteiger partial charge in [-0.2, -0.15) is 13.2 Å². The first-order chi connectivity index (χ1) is 18.0. The Morgan fingerprint density at radius 3 is 2.16 bits per heavy atom. The van der Waals surface area contributed by atoms with Crippen molar-refractivity contribution in [2.75, 3.05) is 20.1 Å². The number of hydrogen-bond acceptors (Lipinski definition) is 4. The van der Waals surface area contributed by atoms with Gasteiger partial charge in [-0.25, -0.2) is 4.39 Å². The molecule has 1 aliphatic heterocycles. The maximum atomic E-state index is 13.6. The summed E-state index contributed by atoms with van der Waals surface area (Å²) in [5.74, 6) is -1.69. The molecule has 3 rings (SSSR count). The molecule has 0 aliphatic carbocycles. The largest absolute Gasteiger partial charge is 0.416 e. The van der Waals surface area contributed by atoms with Crippen molar-refractivity contribution in [3.63, 3.8) is 0 Å². The Labute approximate surface area is 219 Å². The van der Waals surface area contributed by atoms with Gasteiger partial charge in [-0.1, -0.05) is 37.6 Å². The molecule has 1 aliphatic rings. The molecule has 0 spiro atoms. The zero-order valence-electron chi connectivity index (χ0n) is 21.3. The molecule has 2 aromatic rings. The van der Waals surface area contributed by atoms with Crippen LogP contribution in [0.2, 0.25) is 0 Å². The molecule has 1 heterocycles. The van der Waals surface area contributed by atoms with Gasteiger partial charge in [-0.15, -0.1) is 0 Å². The quantitative estimate of drug-likeness (QED) is 0.482. The van der Waals surface area contributed by atoms with Gasteiger partial charge >= 0.3 is 6.18 Å². The molecular formula is C27H32F4N4O3. The molecule has 3 atom stereocenters. The summed E-state index contributed by atoms with van der Waals surface area (Å²) in [6.45, 7) is 2.07. The number of hydrogen-bond donors (Lipinski definition) is 2. The zero-order valence-corrected chi connectivity index (χ0v) is 21.3. The van der Waals surface area contributed by atoms with E-state index in [1.54, 1.807) is 12.1 Å². The van der Waals surface area contributed by atoms with Crippen molar-refractivity contribution in [2.45, 2.75) is 56.9 Å². The summed E-state index contributed by atoms with van der Waals surface area (Å²) in [6.07, 6.45) is -3.36. The van der Waals surface area contributed by atoms with E-state index in [1.807, 2.05) is 6.92 Å². The second kappa shape index (κ2) is 12.4. The predicted molar refractivity (Wildman–Crippen MR) is 133 cm³/mol. The van der Waals surface area contributed by atoms with Crippen LogP contribution < -0.4 is 11.1 Å². The third kappa shape index (κ3) is 6.89. The van der Waals surface area contributed by atoms with Gasteiger partial charge in [0.2, 0.25) is 17.7 Å². The molecule has 3 amide bonds. The lowest BCUT2D eigenvalue weighted by Crippen LogP contribution is -2.65. The number of nitrogens with two attached hydrogens (primary N) is 1. The van der Waals surface area contributed by atoms with Crippen molar-refractivity contribution in [3.8, 4) is 0 Å².